The summed E-state index contributed by atoms with van der Waals surface area (Å²) in [7, 11) is 1.94. The minimum Gasteiger partial charge on any atom is -0.338 e. The van der Waals surface area contributed by atoms with Crippen LogP contribution in [0.15, 0.2) is 18.2 Å². The summed E-state index contributed by atoms with van der Waals surface area (Å²) >= 11 is 12.0. The van der Waals surface area contributed by atoms with Gasteiger partial charge >= 0.3 is 0 Å². The Balaban J connectivity index is 2.12. The van der Waals surface area contributed by atoms with Gasteiger partial charge in [0.15, 0.2) is 0 Å². The van der Waals surface area contributed by atoms with E-state index in [0.717, 1.165) is 32.5 Å². The first-order valence-electron chi connectivity index (χ1n) is 6.50. The largest absolute Gasteiger partial charge is 0.338 e. The number of likely N-dealkylation sites (tertiary alicyclic amines) is 1. The highest BCUT2D eigenvalue weighted by atomic mass is 35.5. The van der Waals surface area contributed by atoms with Gasteiger partial charge in [-0.1, -0.05) is 23.2 Å². The third-order valence-corrected chi connectivity index (χ3v) is 4.02. The monoisotopic (exact) mass is 300 g/mol. The number of piperidine rings is 1. The summed E-state index contributed by atoms with van der Waals surface area (Å²) < 4.78 is 0. The SMILES string of the molecule is CNC[C@H]1CCCN(C(=O)c2cc(Cl)ccc2Cl)C1. The third-order valence-electron chi connectivity index (χ3n) is 3.46. The standard InChI is InChI=1S/C14H18Cl2N2O/c1-17-8-10-3-2-6-18(9-10)14(19)12-7-11(15)4-5-13(12)16/h4-5,7,10,17H,2-3,6,8-9H2,1H3/t10-/m1/s1. The number of amides is 1. The Hall–Kier alpha value is -0.770. The van der Waals surface area contributed by atoms with Crippen molar-refractivity contribution in [3.63, 3.8) is 0 Å². The van der Waals surface area contributed by atoms with E-state index in [1.807, 2.05) is 11.9 Å². The number of carbonyl (C=O) groups excluding carboxylic acids is 1. The molecule has 3 nitrogen and oxygen atoms in total. The van der Waals surface area contributed by atoms with Crippen LogP contribution in [-0.2, 0) is 0 Å². The summed E-state index contributed by atoms with van der Waals surface area (Å²) in [5.41, 5.74) is 0.499. The summed E-state index contributed by atoms with van der Waals surface area (Å²) in [4.78, 5) is 14.4. The molecule has 0 aromatic heterocycles. The van der Waals surface area contributed by atoms with Gasteiger partial charge in [-0.15, -0.1) is 0 Å². The number of halogens is 2. The zero-order valence-electron chi connectivity index (χ0n) is 11.0. The topological polar surface area (TPSA) is 32.3 Å². The molecule has 0 saturated carbocycles. The maximum absolute atomic E-state index is 12.5. The molecule has 0 radical (unpaired) electrons. The Morgan fingerprint density at radius 3 is 3.00 bits per heavy atom. The first-order chi connectivity index (χ1) is 9.11. The molecule has 1 atom stereocenters. The molecular weight excluding hydrogens is 283 g/mol. The zero-order valence-corrected chi connectivity index (χ0v) is 12.5. The van der Waals surface area contributed by atoms with Crippen molar-refractivity contribution in [3.8, 4) is 0 Å². The molecule has 0 unspecified atom stereocenters. The van der Waals surface area contributed by atoms with Gasteiger partial charge in [0.1, 0.15) is 0 Å². The molecule has 1 aromatic rings. The molecule has 1 N–H and O–H groups in total. The van der Waals surface area contributed by atoms with E-state index in [2.05, 4.69) is 5.32 Å². The van der Waals surface area contributed by atoms with Crippen LogP contribution >= 0.6 is 23.2 Å². The number of carbonyl (C=O) groups is 1. The summed E-state index contributed by atoms with van der Waals surface area (Å²) in [5, 5.41) is 4.17. The van der Waals surface area contributed by atoms with Crippen molar-refractivity contribution in [2.45, 2.75) is 12.8 Å². The van der Waals surface area contributed by atoms with Crippen LogP contribution in [0.25, 0.3) is 0 Å². The number of hydrogen-bond acceptors (Lipinski definition) is 2. The lowest BCUT2D eigenvalue weighted by atomic mass is 9.97. The van der Waals surface area contributed by atoms with E-state index >= 15 is 0 Å². The molecule has 104 valence electrons. The van der Waals surface area contributed by atoms with Crippen LogP contribution < -0.4 is 5.32 Å². The van der Waals surface area contributed by atoms with Crippen LogP contribution in [-0.4, -0.2) is 37.5 Å². The van der Waals surface area contributed by atoms with Crippen LogP contribution in [0.2, 0.25) is 10.0 Å². The highest BCUT2D eigenvalue weighted by molar-refractivity contribution is 6.35. The molecule has 2 rings (SSSR count). The maximum atomic E-state index is 12.5. The average Bonchev–Trinajstić information content (AvgIpc) is 2.41. The molecular formula is C14H18Cl2N2O. The van der Waals surface area contributed by atoms with E-state index in [4.69, 9.17) is 23.2 Å². The van der Waals surface area contributed by atoms with Gasteiger partial charge < -0.3 is 10.2 Å². The fourth-order valence-electron chi connectivity index (χ4n) is 2.54. The Labute approximate surface area is 123 Å². The van der Waals surface area contributed by atoms with Gasteiger partial charge in [-0.3, -0.25) is 4.79 Å². The molecule has 1 saturated heterocycles. The molecule has 5 heteroatoms. The fourth-order valence-corrected chi connectivity index (χ4v) is 2.91. The molecule has 19 heavy (non-hydrogen) atoms. The van der Waals surface area contributed by atoms with Gasteiger partial charge in [0.25, 0.3) is 5.91 Å². The fraction of sp³-hybridized carbons (Fsp3) is 0.500. The molecule has 1 heterocycles. The van der Waals surface area contributed by atoms with Crippen molar-refractivity contribution in [1.29, 1.82) is 0 Å². The van der Waals surface area contributed by atoms with Gasteiger partial charge in [0.05, 0.1) is 10.6 Å². The predicted octanol–water partition coefficient (Wildman–Crippen LogP) is 3.07. The second-order valence-corrected chi connectivity index (χ2v) is 5.78. The highest BCUT2D eigenvalue weighted by Gasteiger charge is 2.25. The second-order valence-electron chi connectivity index (χ2n) is 4.94. The lowest BCUT2D eigenvalue weighted by molar-refractivity contribution is 0.0674. The Morgan fingerprint density at radius 1 is 1.47 bits per heavy atom. The van der Waals surface area contributed by atoms with Crippen molar-refractivity contribution in [1.82, 2.24) is 10.2 Å². The zero-order chi connectivity index (χ0) is 13.8. The van der Waals surface area contributed by atoms with Crippen LogP contribution in [0.4, 0.5) is 0 Å². The van der Waals surface area contributed by atoms with E-state index in [-0.39, 0.29) is 5.91 Å². The number of rotatable bonds is 3. The Kier molecular flexibility index (Phi) is 5.08. The van der Waals surface area contributed by atoms with Gasteiger partial charge in [0.2, 0.25) is 0 Å². The predicted molar refractivity (Wildman–Crippen MR) is 79.0 cm³/mol. The van der Waals surface area contributed by atoms with Gasteiger partial charge in [0, 0.05) is 18.1 Å². The normalized spacial score (nSPS) is 19.5. The second kappa shape index (κ2) is 6.60. The summed E-state index contributed by atoms with van der Waals surface area (Å²) in [6.07, 6.45) is 2.20. The average molecular weight is 301 g/mol. The third kappa shape index (κ3) is 3.62. The molecule has 0 aliphatic carbocycles. The smallest absolute Gasteiger partial charge is 0.255 e. The molecule has 1 aromatic carbocycles. The van der Waals surface area contributed by atoms with Crippen LogP contribution in [0.3, 0.4) is 0 Å². The van der Waals surface area contributed by atoms with Crippen molar-refractivity contribution < 1.29 is 4.79 Å². The summed E-state index contributed by atoms with van der Waals surface area (Å²) in [6.45, 7) is 2.51. The molecule has 0 bridgehead atoms. The summed E-state index contributed by atoms with van der Waals surface area (Å²) in [6, 6.07) is 5.01. The van der Waals surface area contributed by atoms with E-state index in [1.165, 1.54) is 0 Å². The minimum absolute atomic E-state index is 0.0201. The van der Waals surface area contributed by atoms with E-state index in [9.17, 15) is 4.79 Å². The van der Waals surface area contributed by atoms with Gasteiger partial charge in [-0.25, -0.2) is 0 Å². The van der Waals surface area contributed by atoms with E-state index in [0.29, 0.717) is 21.5 Å². The first-order valence-corrected chi connectivity index (χ1v) is 7.26. The van der Waals surface area contributed by atoms with E-state index < -0.39 is 0 Å². The van der Waals surface area contributed by atoms with Crippen molar-refractivity contribution >= 4 is 29.1 Å². The quantitative estimate of drug-likeness (QED) is 0.930. The molecule has 1 aliphatic heterocycles. The molecule has 1 aliphatic rings. The van der Waals surface area contributed by atoms with E-state index in [1.54, 1.807) is 18.2 Å². The molecule has 0 spiro atoms. The number of benzene rings is 1. The van der Waals surface area contributed by atoms with Crippen molar-refractivity contribution in [2.75, 3.05) is 26.7 Å². The lowest BCUT2D eigenvalue weighted by Gasteiger charge is -2.33. The van der Waals surface area contributed by atoms with Crippen LogP contribution in [0.1, 0.15) is 23.2 Å². The Morgan fingerprint density at radius 2 is 2.26 bits per heavy atom. The maximum Gasteiger partial charge on any atom is 0.255 e. The number of nitrogens with one attached hydrogen (secondary N) is 1. The summed E-state index contributed by atoms with van der Waals surface area (Å²) in [5.74, 6) is 0.494. The van der Waals surface area contributed by atoms with Gasteiger partial charge in [-0.05, 0) is 50.6 Å². The Bertz CT molecular complexity index is 463. The van der Waals surface area contributed by atoms with Crippen LogP contribution in [0.5, 0.6) is 0 Å². The van der Waals surface area contributed by atoms with Crippen molar-refractivity contribution in [2.24, 2.45) is 5.92 Å². The van der Waals surface area contributed by atoms with Crippen LogP contribution in [0, 0.1) is 5.92 Å². The van der Waals surface area contributed by atoms with Crippen molar-refractivity contribution in [3.05, 3.63) is 33.8 Å². The molecule has 1 amide bonds. The minimum atomic E-state index is -0.0201. The number of hydrogen-bond donors (Lipinski definition) is 1. The lowest BCUT2D eigenvalue weighted by Crippen LogP contribution is -2.42. The molecule has 1 fully saturated rings. The number of nitrogens with zero attached hydrogens (tertiary/aromatic N) is 1. The highest BCUT2D eigenvalue weighted by Crippen LogP contribution is 2.24. The first kappa shape index (κ1) is 14.6. The van der Waals surface area contributed by atoms with Gasteiger partial charge in [-0.2, -0.15) is 0 Å².